The first-order valence-electron chi connectivity index (χ1n) is 6.25. The van der Waals surface area contributed by atoms with Gasteiger partial charge in [0.25, 0.3) is 0 Å². The molecule has 0 aliphatic rings. The number of benzene rings is 2. The molecule has 0 unspecified atom stereocenters. The number of hydrogen-bond acceptors (Lipinski definition) is 2. The van der Waals surface area contributed by atoms with Gasteiger partial charge in [-0.15, -0.1) is 0 Å². The molecule has 0 fully saturated rings. The van der Waals surface area contributed by atoms with Crippen molar-refractivity contribution in [1.29, 1.82) is 5.26 Å². The van der Waals surface area contributed by atoms with Crippen LogP contribution in [0.1, 0.15) is 11.1 Å². The molecule has 0 N–H and O–H groups in total. The van der Waals surface area contributed by atoms with Gasteiger partial charge in [0.2, 0.25) is 0 Å². The number of anilines is 1. The summed E-state index contributed by atoms with van der Waals surface area (Å²) < 4.78 is 0. The Balaban J connectivity index is 2.31. The lowest BCUT2D eigenvalue weighted by Crippen LogP contribution is -2.07. The largest absolute Gasteiger partial charge is 0.378 e. The van der Waals surface area contributed by atoms with Crippen molar-refractivity contribution < 1.29 is 0 Å². The van der Waals surface area contributed by atoms with E-state index in [1.54, 1.807) is 12.1 Å². The van der Waals surface area contributed by atoms with Gasteiger partial charge in [0, 0.05) is 24.8 Å². The maximum absolute atomic E-state index is 9.29. The molecule has 2 rings (SSSR count). The minimum absolute atomic E-state index is 0.624. The number of nitriles is 1. The molecule has 2 nitrogen and oxygen atoms in total. The van der Waals surface area contributed by atoms with Crippen molar-refractivity contribution in [1.82, 2.24) is 0 Å². The number of rotatable bonds is 3. The molecular weight excluding hydrogens is 268 g/mol. The Labute approximate surface area is 124 Å². The summed E-state index contributed by atoms with van der Waals surface area (Å²) in [7, 11) is 4.00. The van der Waals surface area contributed by atoms with Crippen molar-refractivity contribution in [2.45, 2.75) is 0 Å². The van der Waals surface area contributed by atoms with Crippen LogP contribution in [0.15, 0.2) is 48.5 Å². The van der Waals surface area contributed by atoms with Gasteiger partial charge in [0.05, 0.1) is 11.6 Å². The third kappa shape index (κ3) is 3.40. The summed E-state index contributed by atoms with van der Waals surface area (Å²) in [6.45, 7) is 0. The van der Waals surface area contributed by atoms with E-state index in [-0.39, 0.29) is 0 Å². The molecule has 20 heavy (non-hydrogen) atoms. The van der Waals surface area contributed by atoms with Crippen LogP contribution in [-0.2, 0) is 0 Å². The van der Waals surface area contributed by atoms with Crippen molar-refractivity contribution in [2.24, 2.45) is 0 Å². The molecule has 0 saturated carbocycles. The standard InChI is InChI=1S/C17H15ClN2/c1-20(2)17-9-3-13(4-10-17)11-15(12-19)14-5-7-16(18)8-6-14/h3-11H,1-2H3/b15-11+. The topological polar surface area (TPSA) is 27.0 Å². The normalized spacial score (nSPS) is 11.0. The smallest absolute Gasteiger partial charge is 0.0998 e. The molecule has 0 atom stereocenters. The van der Waals surface area contributed by atoms with Crippen molar-refractivity contribution in [3.8, 4) is 6.07 Å². The van der Waals surface area contributed by atoms with Gasteiger partial charge in [-0.3, -0.25) is 0 Å². The molecule has 0 spiro atoms. The lowest BCUT2D eigenvalue weighted by molar-refractivity contribution is 1.13. The Morgan fingerprint density at radius 1 is 1.05 bits per heavy atom. The molecule has 100 valence electrons. The second-order valence-electron chi connectivity index (χ2n) is 4.66. The van der Waals surface area contributed by atoms with Crippen LogP contribution in [0.5, 0.6) is 0 Å². The molecule has 2 aromatic rings. The summed E-state index contributed by atoms with van der Waals surface area (Å²) in [4.78, 5) is 2.04. The van der Waals surface area contributed by atoms with Crippen LogP contribution in [0.2, 0.25) is 5.02 Å². The van der Waals surface area contributed by atoms with Gasteiger partial charge in [0.1, 0.15) is 0 Å². The minimum Gasteiger partial charge on any atom is -0.378 e. The molecule has 0 amide bonds. The molecule has 0 aliphatic heterocycles. The molecule has 0 aliphatic carbocycles. The highest BCUT2D eigenvalue weighted by Gasteiger charge is 2.01. The summed E-state index contributed by atoms with van der Waals surface area (Å²) in [5.74, 6) is 0. The second kappa shape index (κ2) is 6.27. The molecule has 0 radical (unpaired) electrons. The maximum atomic E-state index is 9.29. The van der Waals surface area contributed by atoms with Crippen LogP contribution in [0, 0.1) is 11.3 Å². The van der Waals surface area contributed by atoms with Crippen molar-refractivity contribution >= 4 is 28.9 Å². The van der Waals surface area contributed by atoms with Gasteiger partial charge in [-0.2, -0.15) is 5.26 Å². The van der Waals surface area contributed by atoms with Gasteiger partial charge in [0.15, 0.2) is 0 Å². The Kier molecular flexibility index (Phi) is 4.45. The first kappa shape index (κ1) is 14.2. The molecule has 0 heterocycles. The van der Waals surface area contributed by atoms with Crippen molar-refractivity contribution in [3.63, 3.8) is 0 Å². The van der Waals surface area contributed by atoms with Gasteiger partial charge in [-0.05, 0) is 41.5 Å². The summed E-state index contributed by atoms with van der Waals surface area (Å²) in [5.41, 5.74) is 3.63. The van der Waals surface area contributed by atoms with Crippen LogP contribution < -0.4 is 4.90 Å². The molecule has 2 aromatic carbocycles. The van der Waals surface area contributed by atoms with Gasteiger partial charge in [-0.1, -0.05) is 35.9 Å². The van der Waals surface area contributed by atoms with E-state index in [0.717, 1.165) is 16.8 Å². The highest BCUT2D eigenvalue weighted by atomic mass is 35.5. The van der Waals surface area contributed by atoms with E-state index in [9.17, 15) is 5.26 Å². The van der Waals surface area contributed by atoms with Crippen LogP contribution in [0.25, 0.3) is 11.6 Å². The SMILES string of the molecule is CN(C)c1ccc(/C=C(\C#N)c2ccc(Cl)cc2)cc1. The third-order valence-corrected chi connectivity index (χ3v) is 3.25. The number of halogens is 1. The fourth-order valence-corrected chi connectivity index (χ4v) is 1.97. The zero-order chi connectivity index (χ0) is 14.5. The number of allylic oxidation sites excluding steroid dienone is 1. The summed E-state index contributed by atoms with van der Waals surface area (Å²) in [6.07, 6.45) is 1.88. The number of hydrogen-bond donors (Lipinski definition) is 0. The predicted molar refractivity (Wildman–Crippen MR) is 85.7 cm³/mol. The molecule has 3 heteroatoms. The maximum Gasteiger partial charge on any atom is 0.0998 e. The van der Waals surface area contributed by atoms with E-state index in [1.165, 1.54) is 0 Å². The highest BCUT2D eigenvalue weighted by Crippen LogP contribution is 2.21. The fraction of sp³-hybridized carbons (Fsp3) is 0.118. The van der Waals surface area contributed by atoms with E-state index in [0.29, 0.717) is 10.6 Å². The van der Waals surface area contributed by atoms with Gasteiger partial charge < -0.3 is 4.90 Å². The van der Waals surface area contributed by atoms with Crippen LogP contribution in [0.4, 0.5) is 5.69 Å². The lowest BCUT2D eigenvalue weighted by Gasteiger charge is -2.11. The van der Waals surface area contributed by atoms with E-state index < -0.39 is 0 Å². The number of nitrogens with zero attached hydrogens (tertiary/aromatic N) is 2. The third-order valence-electron chi connectivity index (χ3n) is 3.00. The molecule has 0 bridgehead atoms. The average molecular weight is 283 g/mol. The molecular formula is C17H15ClN2. The van der Waals surface area contributed by atoms with Gasteiger partial charge >= 0.3 is 0 Å². The van der Waals surface area contributed by atoms with Crippen molar-refractivity contribution in [3.05, 3.63) is 64.7 Å². The summed E-state index contributed by atoms with van der Waals surface area (Å²) in [6, 6.07) is 17.6. The highest BCUT2D eigenvalue weighted by molar-refractivity contribution is 6.30. The Morgan fingerprint density at radius 2 is 1.65 bits per heavy atom. The Morgan fingerprint density at radius 3 is 2.15 bits per heavy atom. The average Bonchev–Trinajstić information content (AvgIpc) is 2.46. The monoisotopic (exact) mass is 282 g/mol. The second-order valence-corrected chi connectivity index (χ2v) is 5.10. The van der Waals surface area contributed by atoms with E-state index in [4.69, 9.17) is 11.6 Å². The lowest BCUT2D eigenvalue weighted by atomic mass is 10.0. The zero-order valence-electron chi connectivity index (χ0n) is 11.5. The first-order valence-corrected chi connectivity index (χ1v) is 6.63. The van der Waals surface area contributed by atoms with Crippen molar-refractivity contribution in [2.75, 3.05) is 19.0 Å². The Hall–Kier alpha value is -2.24. The first-order chi connectivity index (χ1) is 9.60. The Bertz CT molecular complexity index is 647. The van der Waals surface area contributed by atoms with Crippen LogP contribution in [-0.4, -0.2) is 14.1 Å². The molecule has 0 aromatic heterocycles. The van der Waals surface area contributed by atoms with Crippen LogP contribution >= 0.6 is 11.6 Å². The fourth-order valence-electron chi connectivity index (χ4n) is 1.84. The summed E-state index contributed by atoms with van der Waals surface area (Å²) in [5, 5.41) is 9.96. The summed E-state index contributed by atoms with van der Waals surface area (Å²) >= 11 is 5.86. The van der Waals surface area contributed by atoms with Crippen LogP contribution in [0.3, 0.4) is 0 Å². The van der Waals surface area contributed by atoms with Gasteiger partial charge in [-0.25, -0.2) is 0 Å². The quantitative estimate of drug-likeness (QED) is 0.613. The molecule has 0 saturated heterocycles. The predicted octanol–water partition coefficient (Wildman–Crippen LogP) is 4.47. The minimum atomic E-state index is 0.624. The van der Waals surface area contributed by atoms with E-state index in [1.807, 2.05) is 61.5 Å². The van der Waals surface area contributed by atoms with E-state index in [2.05, 4.69) is 6.07 Å². The van der Waals surface area contributed by atoms with E-state index >= 15 is 0 Å². The zero-order valence-corrected chi connectivity index (χ0v) is 12.2.